The van der Waals surface area contributed by atoms with E-state index in [4.69, 9.17) is 11.1 Å². The number of amidine groups is 1. The Kier molecular flexibility index (Phi) is 7.54. The topological polar surface area (TPSA) is 125 Å². The number of carbonyl (C=O) groups excluding carboxylic acids is 2. The van der Waals surface area contributed by atoms with Crippen LogP contribution in [0.15, 0.2) is 42.5 Å². The zero-order valence-electron chi connectivity index (χ0n) is 20.8. The number of nitrogen functional groups attached to an aromatic ring is 1. The lowest BCUT2D eigenvalue weighted by Crippen LogP contribution is -2.60. The van der Waals surface area contributed by atoms with Gasteiger partial charge < -0.3 is 15.7 Å². The van der Waals surface area contributed by atoms with Gasteiger partial charge >= 0.3 is 12.0 Å². The molecule has 190 valence electrons. The van der Waals surface area contributed by atoms with Crippen LogP contribution in [0.3, 0.4) is 0 Å². The Hall–Kier alpha value is -3.52. The van der Waals surface area contributed by atoms with Crippen LogP contribution in [-0.4, -0.2) is 53.0 Å². The van der Waals surface area contributed by atoms with E-state index in [0.717, 1.165) is 61.8 Å². The molecular formula is C28H35N4O4+. The highest BCUT2D eigenvalue weighted by Gasteiger charge is 2.48. The Morgan fingerprint density at radius 2 is 1.69 bits per heavy atom. The molecule has 0 saturated heterocycles. The Morgan fingerprint density at radius 3 is 2.33 bits per heavy atom. The van der Waals surface area contributed by atoms with Crippen LogP contribution in [0.5, 0.6) is 0 Å². The molecule has 4 N–H and O–H groups in total. The summed E-state index contributed by atoms with van der Waals surface area (Å²) < 4.78 is -0.621. The lowest BCUT2D eigenvalue weighted by Gasteiger charge is -2.36. The molecule has 4 rings (SSSR count). The third-order valence-corrected chi connectivity index (χ3v) is 7.76. The van der Waals surface area contributed by atoms with Crippen LogP contribution >= 0.6 is 0 Å². The normalized spacial score (nSPS) is 17.6. The highest BCUT2D eigenvalue weighted by atomic mass is 16.4. The maximum atomic E-state index is 13.5. The first kappa shape index (κ1) is 25.6. The number of nitrogens with one attached hydrogen (secondary N) is 1. The van der Waals surface area contributed by atoms with E-state index in [-0.39, 0.29) is 17.8 Å². The van der Waals surface area contributed by atoms with Gasteiger partial charge in [-0.15, -0.1) is 0 Å². The van der Waals surface area contributed by atoms with Gasteiger partial charge in [-0.25, -0.2) is 4.79 Å². The number of rotatable bonds is 6. The molecule has 0 radical (unpaired) electrons. The molecule has 0 spiro atoms. The molecule has 1 unspecified atom stereocenters. The molecule has 8 heteroatoms. The average Bonchev–Trinajstić information content (AvgIpc) is 2.90. The standard InChI is InChI=1S/C28H34N4O4/c1-32(28(35)36,23-7-3-2-4-8-23)27(34)22-14-15-24-21(18-22)6-5-17-31(24)25(33)16-11-19-9-12-20(13-10-19)26(29)30/h9-10,12-15,18,23H,2-8,11,16-17H2,1H3,(H3-,29,30,35,36)/p+1. The van der Waals surface area contributed by atoms with Crippen molar-refractivity contribution in [3.05, 3.63) is 64.7 Å². The summed E-state index contributed by atoms with van der Waals surface area (Å²) in [6.45, 7) is 0.618. The van der Waals surface area contributed by atoms with Crippen molar-refractivity contribution in [2.75, 3.05) is 18.5 Å². The van der Waals surface area contributed by atoms with Crippen LogP contribution in [0.2, 0.25) is 0 Å². The van der Waals surface area contributed by atoms with Crippen molar-refractivity contribution >= 4 is 29.4 Å². The smallest absolute Gasteiger partial charge is 0.435 e. The molecule has 0 bridgehead atoms. The number of benzene rings is 2. The number of nitrogens with zero attached hydrogens (tertiary/aromatic N) is 2. The molecule has 8 nitrogen and oxygen atoms in total. The first-order valence-electron chi connectivity index (χ1n) is 12.7. The van der Waals surface area contributed by atoms with Gasteiger partial charge in [0.05, 0.1) is 12.6 Å². The van der Waals surface area contributed by atoms with Crippen molar-refractivity contribution in [2.45, 2.75) is 63.8 Å². The van der Waals surface area contributed by atoms with E-state index < -0.39 is 16.5 Å². The Morgan fingerprint density at radius 1 is 1.03 bits per heavy atom. The fraction of sp³-hybridized carbons (Fsp3) is 0.429. The molecular weight excluding hydrogens is 456 g/mol. The van der Waals surface area contributed by atoms with Gasteiger partial charge in [-0.2, -0.15) is 9.28 Å². The van der Waals surface area contributed by atoms with E-state index >= 15 is 0 Å². The second-order valence-electron chi connectivity index (χ2n) is 10.1. The fourth-order valence-corrected chi connectivity index (χ4v) is 5.50. The number of carboxylic acid groups (broad SMARTS) is 1. The molecule has 1 aliphatic heterocycles. The summed E-state index contributed by atoms with van der Waals surface area (Å²) in [5.41, 5.74) is 9.26. The van der Waals surface area contributed by atoms with Crippen molar-refractivity contribution in [3.8, 4) is 0 Å². The third kappa shape index (κ3) is 5.04. The number of imide groups is 1. The largest absolute Gasteiger partial charge is 0.521 e. The van der Waals surface area contributed by atoms with Gasteiger partial charge in [-0.05, 0) is 61.4 Å². The zero-order valence-corrected chi connectivity index (χ0v) is 20.8. The van der Waals surface area contributed by atoms with Gasteiger partial charge in [0.15, 0.2) is 0 Å². The lowest BCUT2D eigenvalue weighted by molar-refractivity contribution is -0.784. The Labute approximate surface area is 211 Å². The highest BCUT2D eigenvalue weighted by Crippen LogP contribution is 2.33. The van der Waals surface area contributed by atoms with Gasteiger partial charge in [0.2, 0.25) is 5.91 Å². The second kappa shape index (κ2) is 10.6. The predicted octanol–water partition coefficient (Wildman–Crippen LogP) is 4.48. The molecule has 1 fully saturated rings. The summed E-state index contributed by atoms with van der Waals surface area (Å²) in [5.74, 6) is -0.365. The van der Waals surface area contributed by atoms with E-state index in [2.05, 4.69) is 0 Å². The summed E-state index contributed by atoms with van der Waals surface area (Å²) in [7, 11) is 1.53. The minimum absolute atomic E-state index is 0.0130. The van der Waals surface area contributed by atoms with Crippen molar-refractivity contribution in [1.82, 2.24) is 0 Å². The summed E-state index contributed by atoms with van der Waals surface area (Å²) in [4.78, 5) is 40.7. The van der Waals surface area contributed by atoms with E-state index in [1.165, 1.54) is 7.05 Å². The first-order chi connectivity index (χ1) is 17.2. The van der Waals surface area contributed by atoms with E-state index in [1.807, 2.05) is 12.1 Å². The number of carbonyl (C=O) groups is 3. The molecule has 36 heavy (non-hydrogen) atoms. The Bertz CT molecular complexity index is 1170. The summed E-state index contributed by atoms with van der Waals surface area (Å²) in [6, 6.07) is 12.4. The SMILES string of the molecule is C[N+](C(=O)O)(C(=O)c1ccc2c(c1)CCCN2C(=O)CCc1ccc(C(=N)N)cc1)C1CCCCC1. The van der Waals surface area contributed by atoms with Gasteiger partial charge in [-0.1, -0.05) is 30.7 Å². The minimum Gasteiger partial charge on any atom is -0.435 e. The van der Waals surface area contributed by atoms with Crippen LogP contribution in [0.25, 0.3) is 0 Å². The quantitative estimate of drug-likeness (QED) is 0.312. The minimum atomic E-state index is -1.11. The van der Waals surface area contributed by atoms with Gasteiger partial charge in [0.1, 0.15) is 11.9 Å². The maximum absolute atomic E-state index is 13.5. The first-order valence-corrected chi connectivity index (χ1v) is 12.7. The Balaban J connectivity index is 1.50. The molecule has 3 amide bonds. The van der Waals surface area contributed by atoms with Crippen molar-refractivity contribution in [2.24, 2.45) is 5.73 Å². The average molecular weight is 492 g/mol. The van der Waals surface area contributed by atoms with Gasteiger partial charge in [0, 0.05) is 37.1 Å². The highest BCUT2D eigenvalue weighted by molar-refractivity contribution is 5.98. The molecule has 1 heterocycles. The molecule has 2 aliphatic rings. The van der Waals surface area contributed by atoms with Crippen molar-refractivity contribution < 1.29 is 24.0 Å². The number of quaternary nitrogens is 1. The number of hydrogen-bond donors (Lipinski definition) is 3. The molecule has 1 aliphatic carbocycles. The van der Waals surface area contributed by atoms with Crippen molar-refractivity contribution in [3.63, 3.8) is 0 Å². The molecule has 2 aromatic rings. The van der Waals surface area contributed by atoms with Crippen LogP contribution in [-0.2, 0) is 17.6 Å². The van der Waals surface area contributed by atoms with Crippen LogP contribution in [0.4, 0.5) is 10.5 Å². The fourth-order valence-electron chi connectivity index (χ4n) is 5.50. The van der Waals surface area contributed by atoms with Crippen LogP contribution in [0, 0.1) is 5.41 Å². The number of anilines is 1. The number of amides is 3. The molecule has 1 saturated carbocycles. The summed E-state index contributed by atoms with van der Waals surface area (Å²) in [5, 5.41) is 17.5. The number of hydrogen-bond acceptors (Lipinski definition) is 4. The second-order valence-corrected chi connectivity index (χ2v) is 10.1. The summed E-state index contributed by atoms with van der Waals surface area (Å²) >= 11 is 0. The molecule has 2 aromatic carbocycles. The van der Waals surface area contributed by atoms with Gasteiger partial charge in [0.25, 0.3) is 0 Å². The van der Waals surface area contributed by atoms with E-state index in [9.17, 15) is 19.5 Å². The van der Waals surface area contributed by atoms with Crippen molar-refractivity contribution in [1.29, 1.82) is 5.41 Å². The molecule has 1 atom stereocenters. The molecule has 0 aromatic heterocycles. The van der Waals surface area contributed by atoms with Crippen LogP contribution < -0.4 is 10.6 Å². The lowest BCUT2D eigenvalue weighted by atomic mass is 9.91. The summed E-state index contributed by atoms with van der Waals surface area (Å²) in [6.07, 6.45) is 5.78. The maximum Gasteiger partial charge on any atom is 0.521 e. The van der Waals surface area contributed by atoms with E-state index in [0.29, 0.717) is 30.5 Å². The van der Waals surface area contributed by atoms with Crippen LogP contribution in [0.1, 0.15) is 72.0 Å². The van der Waals surface area contributed by atoms with Gasteiger partial charge in [-0.3, -0.25) is 10.2 Å². The van der Waals surface area contributed by atoms with E-state index in [1.54, 1.807) is 35.2 Å². The zero-order chi connectivity index (χ0) is 25.9. The third-order valence-electron chi connectivity index (χ3n) is 7.76. The predicted molar refractivity (Wildman–Crippen MR) is 138 cm³/mol. The number of nitrogens with two attached hydrogens (primary N) is 1. The monoisotopic (exact) mass is 491 g/mol. The number of aryl methyl sites for hydroxylation is 2. The number of fused-ring (bicyclic) bond motifs is 1.